The maximum Gasteiger partial charge on any atom is 0.132 e. The number of aryl methyl sites for hydroxylation is 1. The number of halogens is 2. The zero-order valence-corrected chi connectivity index (χ0v) is 10.8. The maximum atomic E-state index is 13.5. The third-order valence-electron chi connectivity index (χ3n) is 3.57. The fourth-order valence-electron chi connectivity index (χ4n) is 2.46. The second-order valence-corrected chi connectivity index (χ2v) is 4.94. The Balaban J connectivity index is 1.73. The first-order valence-corrected chi connectivity index (χ1v) is 6.51. The Morgan fingerprint density at radius 3 is 2.80 bits per heavy atom. The Kier molecular flexibility index (Phi) is 3.40. The number of hydrogen-bond donors (Lipinski definition) is 1. The van der Waals surface area contributed by atoms with Gasteiger partial charge in [-0.2, -0.15) is 0 Å². The third-order valence-corrected chi connectivity index (χ3v) is 3.57. The molecule has 0 heterocycles. The van der Waals surface area contributed by atoms with Gasteiger partial charge >= 0.3 is 0 Å². The van der Waals surface area contributed by atoms with Gasteiger partial charge in [-0.15, -0.1) is 0 Å². The number of aliphatic hydroxyl groups excluding tert-OH is 1. The second kappa shape index (κ2) is 5.21. The van der Waals surface area contributed by atoms with E-state index in [0.717, 1.165) is 30.0 Å². The highest BCUT2D eigenvalue weighted by molar-refractivity contribution is 5.40. The predicted octanol–water partition coefficient (Wildman–Crippen LogP) is 3.52. The zero-order valence-electron chi connectivity index (χ0n) is 10.8. The van der Waals surface area contributed by atoms with E-state index in [2.05, 4.69) is 0 Å². The minimum Gasteiger partial charge on any atom is -0.489 e. The summed E-state index contributed by atoms with van der Waals surface area (Å²) in [5.74, 6) is -0.582. The van der Waals surface area contributed by atoms with Crippen LogP contribution in [0.2, 0.25) is 0 Å². The van der Waals surface area contributed by atoms with E-state index in [1.54, 1.807) is 6.07 Å². The summed E-state index contributed by atoms with van der Waals surface area (Å²) in [6, 6.07) is 8.89. The number of aliphatic hydroxyl groups is 1. The molecule has 0 radical (unpaired) electrons. The van der Waals surface area contributed by atoms with Gasteiger partial charge in [0.25, 0.3) is 0 Å². The first kappa shape index (κ1) is 13.1. The van der Waals surface area contributed by atoms with E-state index in [1.807, 2.05) is 12.1 Å². The second-order valence-electron chi connectivity index (χ2n) is 4.94. The van der Waals surface area contributed by atoms with Gasteiger partial charge in [0, 0.05) is 11.6 Å². The first-order valence-electron chi connectivity index (χ1n) is 6.51. The molecule has 0 saturated carbocycles. The smallest absolute Gasteiger partial charge is 0.132 e. The van der Waals surface area contributed by atoms with Gasteiger partial charge in [0.15, 0.2) is 0 Å². The standard InChI is InChI=1S/C16H14F2O2/c17-12-3-1-11(15(18)8-12)9-20-13-4-5-14-10(7-13)2-6-16(14)19/h1,3-5,7-8,16,19H,2,6,9H2/t16-/m0/s1. The van der Waals surface area contributed by atoms with E-state index in [0.29, 0.717) is 11.3 Å². The normalized spacial score (nSPS) is 17.1. The van der Waals surface area contributed by atoms with Crippen LogP contribution in [0, 0.1) is 11.6 Å². The van der Waals surface area contributed by atoms with Gasteiger partial charge in [0.1, 0.15) is 24.0 Å². The van der Waals surface area contributed by atoms with Gasteiger partial charge in [-0.1, -0.05) is 6.07 Å². The summed E-state index contributed by atoms with van der Waals surface area (Å²) in [7, 11) is 0. The highest BCUT2D eigenvalue weighted by Crippen LogP contribution is 2.33. The molecule has 0 unspecified atom stereocenters. The Bertz CT molecular complexity index is 640. The van der Waals surface area contributed by atoms with Crippen molar-refractivity contribution < 1.29 is 18.6 Å². The average Bonchev–Trinajstić information content (AvgIpc) is 2.79. The van der Waals surface area contributed by atoms with Crippen LogP contribution in [0.25, 0.3) is 0 Å². The number of ether oxygens (including phenoxy) is 1. The van der Waals surface area contributed by atoms with Crippen molar-refractivity contribution in [1.29, 1.82) is 0 Å². The largest absolute Gasteiger partial charge is 0.489 e. The molecule has 2 aromatic carbocycles. The molecule has 2 nitrogen and oxygen atoms in total. The van der Waals surface area contributed by atoms with E-state index in [-0.39, 0.29) is 6.61 Å². The Morgan fingerprint density at radius 1 is 1.15 bits per heavy atom. The minimum absolute atomic E-state index is 0.0491. The molecule has 0 bridgehead atoms. The minimum atomic E-state index is -0.610. The van der Waals surface area contributed by atoms with Crippen molar-refractivity contribution >= 4 is 0 Å². The van der Waals surface area contributed by atoms with Crippen molar-refractivity contribution in [2.75, 3.05) is 0 Å². The van der Waals surface area contributed by atoms with E-state index in [4.69, 9.17) is 4.74 Å². The van der Waals surface area contributed by atoms with Crippen molar-refractivity contribution in [3.63, 3.8) is 0 Å². The molecule has 0 aromatic heterocycles. The number of fused-ring (bicyclic) bond motifs is 1. The lowest BCUT2D eigenvalue weighted by Crippen LogP contribution is -2.00. The molecule has 1 aliphatic rings. The van der Waals surface area contributed by atoms with Crippen LogP contribution in [-0.4, -0.2) is 5.11 Å². The summed E-state index contributed by atoms with van der Waals surface area (Å²) in [5.41, 5.74) is 2.31. The molecule has 0 amide bonds. The Morgan fingerprint density at radius 2 is 2.00 bits per heavy atom. The molecule has 0 fully saturated rings. The molecule has 2 aromatic rings. The summed E-state index contributed by atoms with van der Waals surface area (Å²) in [6.07, 6.45) is 1.15. The SMILES string of the molecule is O[C@H]1CCc2cc(OCc3ccc(F)cc3F)ccc21. The summed E-state index contributed by atoms with van der Waals surface area (Å²) in [6.45, 7) is 0.0491. The molecule has 0 aliphatic heterocycles. The number of rotatable bonds is 3. The van der Waals surface area contributed by atoms with Crippen LogP contribution >= 0.6 is 0 Å². The van der Waals surface area contributed by atoms with Crippen LogP contribution in [0.3, 0.4) is 0 Å². The fourth-order valence-corrected chi connectivity index (χ4v) is 2.46. The van der Waals surface area contributed by atoms with Crippen LogP contribution in [0.5, 0.6) is 5.75 Å². The highest BCUT2D eigenvalue weighted by atomic mass is 19.1. The first-order chi connectivity index (χ1) is 9.63. The highest BCUT2D eigenvalue weighted by Gasteiger charge is 2.20. The van der Waals surface area contributed by atoms with Gasteiger partial charge in [0.05, 0.1) is 6.10 Å². The fraction of sp³-hybridized carbons (Fsp3) is 0.250. The lowest BCUT2D eigenvalue weighted by Gasteiger charge is -2.09. The molecule has 104 valence electrons. The van der Waals surface area contributed by atoms with Crippen molar-refractivity contribution in [1.82, 2.24) is 0 Å². The van der Waals surface area contributed by atoms with Gasteiger partial charge in [-0.25, -0.2) is 8.78 Å². The van der Waals surface area contributed by atoms with E-state index >= 15 is 0 Å². The Labute approximate surface area is 115 Å². The number of hydrogen-bond acceptors (Lipinski definition) is 2. The molecule has 1 N–H and O–H groups in total. The van der Waals surface area contributed by atoms with E-state index in [9.17, 15) is 13.9 Å². The lowest BCUT2D eigenvalue weighted by molar-refractivity contribution is 0.180. The van der Waals surface area contributed by atoms with E-state index in [1.165, 1.54) is 12.1 Å². The number of benzene rings is 2. The molecule has 20 heavy (non-hydrogen) atoms. The summed E-state index contributed by atoms with van der Waals surface area (Å²) in [4.78, 5) is 0. The van der Waals surface area contributed by atoms with Crippen molar-refractivity contribution in [3.05, 3.63) is 64.7 Å². The summed E-state index contributed by atoms with van der Waals surface area (Å²) in [5, 5.41) is 9.72. The van der Waals surface area contributed by atoms with Gasteiger partial charge in [0.2, 0.25) is 0 Å². The molecule has 1 aliphatic carbocycles. The van der Waals surface area contributed by atoms with Crippen LogP contribution in [-0.2, 0) is 13.0 Å². The van der Waals surface area contributed by atoms with E-state index < -0.39 is 17.7 Å². The quantitative estimate of drug-likeness (QED) is 0.929. The van der Waals surface area contributed by atoms with Gasteiger partial charge < -0.3 is 9.84 Å². The molecular formula is C16H14F2O2. The molecule has 3 rings (SSSR count). The molecular weight excluding hydrogens is 262 g/mol. The van der Waals surface area contributed by atoms with Crippen LogP contribution < -0.4 is 4.74 Å². The average molecular weight is 276 g/mol. The predicted molar refractivity (Wildman–Crippen MR) is 70.4 cm³/mol. The van der Waals surface area contributed by atoms with Gasteiger partial charge in [-0.3, -0.25) is 0 Å². The molecule has 1 atom stereocenters. The Hall–Kier alpha value is -1.94. The lowest BCUT2D eigenvalue weighted by atomic mass is 10.1. The monoisotopic (exact) mass is 276 g/mol. The topological polar surface area (TPSA) is 29.5 Å². The van der Waals surface area contributed by atoms with Crippen molar-refractivity contribution in [2.24, 2.45) is 0 Å². The maximum absolute atomic E-state index is 13.5. The van der Waals surface area contributed by atoms with Crippen LogP contribution in [0.4, 0.5) is 8.78 Å². The van der Waals surface area contributed by atoms with Crippen molar-refractivity contribution in [3.8, 4) is 5.75 Å². The third kappa shape index (κ3) is 2.51. The van der Waals surface area contributed by atoms with Crippen molar-refractivity contribution in [2.45, 2.75) is 25.6 Å². The summed E-state index contributed by atoms with van der Waals surface area (Å²) >= 11 is 0. The molecule has 0 saturated heterocycles. The van der Waals surface area contributed by atoms with Crippen LogP contribution in [0.1, 0.15) is 29.2 Å². The van der Waals surface area contributed by atoms with Crippen LogP contribution in [0.15, 0.2) is 36.4 Å². The molecule has 4 heteroatoms. The van der Waals surface area contributed by atoms with Gasteiger partial charge in [-0.05, 0) is 48.2 Å². The molecule has 0 spiro atoms. The summed E-state index contributed by atoms with van der Waals surface area (Å²) < 4.78 is 31.8. The zero-order chi connectivity index (χ0) is 14.1.